The highest BCUT2D eigenvalue weighted by molar-refractivity contribution is 6.07. The van der Waals surface area contributed by atoms with E-state index in [0.29, 0.717) is 34.6 Å². The van der Waals surface area contributed by atoms with Gasteiger partial charge in [0, 0.05) is 11.4 Å². The molecule has 3 aromatic rings. The number of anilines is 1. The van der Waals surface area contributed by atoms with Crippen LogP contribution in [0.1, 0.15) is 45.4 Å². The number of H-pyrrole nitrogens is 1. The van der Waals surface area contributed by atoms with Crippen LogP contribution in [0.5, 0.6) is 0 Å². The van der Waals surface area contributed by atoms with Gasteiger partial charge in [-0.1, -0.05) is 13.3 Å². The second-order valence-corrected chi connectivity index (χ2v) is 6.06. The predicted molar refractivity (Wildman–Crippen MR) is 100 cm³/mol. The number of nitrogens with one attached hydrogen (secondary N) is 2. The lowest BCUT2D eigenvalue weighted by Gasteiger charge is -2.08. The molecule has 8 nitrogen and oxygen atoms in total. The number of aryl methyl sites for hydroxylation is 1. The van der Waals surface area contributed by atoms with Crippen LogP contribution in [0, 0.1) is 6.92 Å². The fourth-order valence-corrected chi connectivity index (χ4v) is 2.98. The van der Waals surface area contributed by atoms with E-state index in [1.807, 2.05) is 19.1 Å². The summed E-state index contributed by atoms with van der Waals surface area (Å²) in [4.78, 5) is 31.8. The predicted octanol–water partition coefficient (Wildman–Crippen LogP) is 2.90. The largest absolute Gasteiger partial charge is 0.465 e. The van der Waals surface area contributed by atoms with Crippen molar-refractivity contribution < 1.29 is 14.3 Å². The fourth-order valence-electron chi connectivity index (χ4n) is 2.98. The molecular weight excluding hydrogens is 346 g/mol. The van der Waals surface area contributed by atoms with Gasteiger partial charge in [0.2, 0.25) is 0 Å². The quantitative estimate of drug-likeness (QED) is 0.652. The smallest absolute Gasteiger partial charge is 0.339 e. The highest BCUT2D eigenvalue weighted by Crippen LogP contribution is 2.23. The highest BCUT2D eigenvalue weighted by Gasteiger charge is 2.24. The van der Waals surface area contributed by atoms with E-state index in [0.717, 1.165) is 12.1 Å². The van der Waals surface area contributed by atoms with Gasteiger partial charge in [-0.15, -0.1) is 0 Å². The Balaban J connectivity index is 1.84. The van der Waals surface area contributed by atoms with Crippen LogP contribution >= 0.6 is 0 Å². The van der Waals surface area contributed by atoms with Crippen LogP contribution in [-0.4, -0.2) is 38.7 Å². The zero-order valence-corrected chi connectivity index (χ0v) is 15.4. The lowest BCUT2D eigenvalue weighted by Crippen LogP contribution is -2.15. The second-order valence-electron chi connectivity index (χ2n) is 6.06. The van der Waals surface area contributed by atoms with Crippen LogP contribution in [-0.2, 0) is 11.2 Å². The number of rotatable bonds is 6. The SMILES string of the molecule is CCCc1c(C(=O)Nc2ccc(-n3cncn3)cc2)[nH]c(C)c1C(=O)OC. The first-order chi connectivity index (χ1) is 13.0. The van der Waals surface area contributed by atoms with E-state index in [-0.39, 0.29) is 5.91 Å². The van der Waals surface area contributed by atoms with Gasteiger partial charge in [-0.05, 0) is 43.2 Å². The van der Waals surface area contributed by atoms with E-state index in [4.69, 9.17) is 4.74 Å². The van der Waals surface area contributed by atoms with Gasteiger partial charge in [-0.3, -0.25) is 4.79 Å². The number of benzene rings is 1. The molecule has 0 fully saturated rings. The Bertz CT molecular complexity index is 943. The molecule has 0 aliphatic rings. The van der Waals surface area contributed by atoms with E-state index in [1.165, 1.54) is 13.4 Å². The van der Waals surface area contributed by atoms with Crippen molar-refractivity contribution in [1.82, 2.24) is 19.7 Å². The first kappa shape index (κ1) is 18.4. The standard InChI is InChI=1S/C19H21N5O3/c1-4-5-15-16(19(26)27-3)12(2)22-17(15)18(25)23-13-6-8-14(9-7-13)24-11-20-10-21-24/h6-11,22H,4-5H2,1-3H3,(H,23,25). The molecule has 0 bridgehead atoms. The normalized spacial score (nSPS) is 10.6. The Morgan fingerprint density at radius 3 is 2.59 bits per heavy atom. The fraction of sp³-hybridized carbons (Fsp3) is 0.263. The summed E-state index contributed by atoms with van der Waals surface area (Å²) >= 11 is 0. The van der Waals surface area contributed by atoms with Crippen molar-refractivity contribution in [2.45, 2.75) is 26.7 Å². The molecule has 0 saturated carbocycles. The molecule has 2 N–H and O–H groups in total. The first-order valence-corrected chi connectivity index (χ1v) is 8.61. The zero-order valence-electron chi connectivity index (χ0n) is 15.4. The van der Waals surface area contributed by atoms with Gasteiger partial charge >= 0.3 is 5.97 Å². The molecule has 3 rings (SSSR count). The van der Waals surface area contributed by atoms with Gasteiger partial charge in [0.05, 0.1) is 18.4 Å². The lowest BCUT2D eigenvalue weighted by molar-refractivity contribution is 0.0599. The number of ether oxygens (including phenoxy) is 1. The maximum Gasteiger partial charge on any atom is 0.339 e. The number of nitrogens with zero attached hydrogens (tertiary/aromatic N) is 3. The number of hydrogen-bond acceptors (Lipinski definition) is 5. The number of methoxy groups -OCH3 is 1. The highest BCUT2D eigenvalue weighted by atomic mass is 16.5. The van der Waals surface area contributed by atoms with Crippen molar-refractivity contribution in [2.24, 2.45) is 0 Å². The summed E-state index contributed by atoms with van der Waals surface area (Å²) in [5.74, 6) is -0.742. The number of hydrogen-bond donors (Lipinski definition) is 2. The van der Waals surface area contributed by atoms with E-state index >= 15 is 0 Å². The van der Waals surface area contributed by atoms with Crippen LogP contribution in [0.3, 0.4) is 0 Å². The molecule has 140 valence electrons. The molecule has 8 heteroatoms. The maximum absolute atomic E-state index is 12.8. The molecule has 1 aromatic carbocycles. The van der Waals surface area contributed by atoms with Crippen molar-refractivity contribution in [3.05, 3.63) is 59.4 Å². The summed E-state index contributed by atoms with van der Waals surface area (Å²) in [5, 5.41) is 6.92. The molecule has 0 saturated heterocycles. The summed E-state index contributed by atoms with van der Waals surface area (Å²) < 4.78 is 6.49. The molecule has 0 aliphatic carbocycles. The van der Waals surface area contributed by atoms with Crippen molar-refractivity contribution >= 4 is 17.6 Å². The topological polar surface area (TPSA) is 102 Å². The summed E-state index contributed by atoms with van der Waals surface area (Å²) in [6, 6.07) is 7.23. The summed E-state index contributed by atoms with van der Waals surface area (Å²) in [5.41, 5.74) is 3.59. The summed E-state index contributed by atoms with van der Waals surface area (Å²) in [6.45, 7) is 3.75. The minimum absolute atomic E-state index is 0.301. The van der Waals surface area contributed by atoms with Crippen LogP contribution in [0.4, 0.5) is 5.69 Å². The van der Waals surface area contributed by atoms with Crippen LogP contribution in [0.2, 0.25) is 0 Å². The molecule has 2 aromatic heterocycles. The average Bonchev–Trinajstić information content (AvgIpc) is 3.30. The van der Waals surface area contributed by atoms with Crippen molar-refractivity contribution in [2.75, 3.05) is 12.4 Å². The number of carbonyl (C=O) groups excluding carboxylic acids is 2. The zero-order chi connectivity index (χ0) is 19.4. The first-order valence-electron chi connectivity index (χ1n) is 8.61. The van der Waals surface area contributed by atoms with Gasteiger partial charge in [-0.25, -0.2) is 14.5 Å². The Hall–Kier alpha value is -3.42. The third-order valence-electron chi connectivity index (χ3n) is 4.22. The molecular formula is C19H21N5O3. The third-order valence-corrected chi connectivity index (χ3v) is 4.22. The van der Waals surface area contributed by atoms with Gasteiger partial charge in [0.25, 0.3) is 5.91 Å². The molecule has 27 heavy (non-hydrogen) atoms. The molecule has 0 radical (unpaired) electrons. The summed E-state index contributed by atoms with van der Waals surface area (Å²) in [6.07, 6.45) is 4.45. The number of amides is 1. The molecule has 2 heterocycles. The molecule has 0 spiro atoms. The number of carbonyl (C=O) groups is 2. The third kappa shape index (κ3) is 3.74. The van der Waals surface area contributed by atoms with Crippen molar-refractivity contribution in [3.8, 4) is 5.69 Å². The van der Waals surface area contributed by atoms with E-state index in [9.17, 15) is 9.59 Å². The average molecular weight is 367 g/mol. The minimum Gasteiger partial charge on any atom is -0.465 e. The van der Waals surface area contributed by atoms with Crippen LogP contribution in [0.25, 0.3) is 5.69 Å². The lowest BCUT2D eigenvalue weighted by atomic mass is 10.0. The van der Waals surface area contributed by atoms with Gasteiger partial charge < -0.3 is 15.0 Å². The van der Waals surface area contributed by atoms with Gasteiger partial charge in [0.1, 0.15) is 18.3 Å². The Labute approximate surface area is 156 Å². The molecule has 0 atom stereocenters. The van der Waals surface area contributed by atoms with E-state index < -0.39 is 5.97 Å². The molecule has 0 unspecified atom stereocenters. The monoisotopic (exact) mass is 367 g/mol. The number of aromatic amines is 1. The van der Waals surface area contributed by atoms with E-state index in [1.54, 1.807) is 30.1 Å². The number of aromatic nitrogens is 4. The van der Waals surface area contributed by atoms with E-state index in [2.05, 4.69) is 20.4 Å². The van der Waals surface area contributed by atoms with Crippen LogP contribution < -0.4 is 5.32 Å². The van der Waals surface area contributed by atoms with Crippen LogP contribution in [0.15, 0.2) is 36.9 Å². The summed E-state index contributed by atoms with van der Waals surface area (Å²) in [7, 11) is 1.33. The minimum atomic E-state index is -0.441. The number of esters is 1. The second kappa shape index (κ2) is 7.86. The van der Waals surface area contributed by atoms with Crippen molar-refractivity contribution in [1.29, 1.82) is 0 Å². The molecule has 0 aliphatic heterocycles. The van der Waals surface area contributed by atoms with Gasteiger partial charge in [0.15, 0.2) is 0 Å². The Morgan fingerprint density at radius 2 is 2.00 bits per heavy atom. The van der Waals surface area contributed by atoms with Crippen molar-refractivity contribution in [3.63, 3.8) is 0 Å². The Morgan fingerprint density at radius 1 is 1.26 bits per heavy atom. The maximum atomic E-state index is 12.8. The van der Waals surface area contributed by atoms with Gasteiger partial charge in [-0.2, -0.15) is 5.10 Å². The molecule has 1 amide bonds. The Kier molecular flexibility index (Phi) is 5.35.